The zero-order chi connectivity index (χ0) is 29.9. The van der Waals surface area contributed by atoms with Crippen LogP contribution in [0.5, 0.6) is 11.5 Å². The van der Waals surface area contributed by atoms with E-state index in [0.29, 0.717) is 34.9 Å². The first-order chi connectivity index (χ1) is 20.3. The van der Waals surface area contributed by atoms with E-state index in [4.69, 9.17) is 9.47 Å². The maximum absolute atomic E-state index is 12.8. The van der Waals surface area contributed by atoms with E-state index in [1.165, 1.54) is 18.3 Å². The lowest BCUT2D eigenvalue weighted by Gasteiger charge is -2.11. The number of rotatable bonds is 9. The van der Waals surface area contributed by atoms with Gasteiger partial charge in [-0.25, -0.2) is 10.2 Å². The number of nitrogens with one attached hydrogen (secondary N) is 3. The Bertz CT molecular complexity index is 1620. The molecule has 0 radical (unpaired) electrons. The summed E-state index contributed by atoms with van der Waals surface area (Å²) in [5.74, 6) is -2.03. The van der Waals surface area contributed by atoms with Crippen molar-refractivity contribution in [3.8, 4) is 11.5 Å². The van der Waals surface area contributed by atoms with Crippen LogP contribution in [-0.2, 0) is 9.59 Å². The van der Waals surface area contributed by atoms with Crippen LogP contribution in [-0.4, -0.2) is 36.5 Å². The fourth-order valence-electron chi connectivity index (χ4n) is 3.59. The SMILES string of the molecule is CCOc1ccc(NC(=O)c2ccccc2NC(=O)C(=O)N/N=C\c2ccc(OC(=O)c3cccc(Br)c3)cc2)cc1. The van der Waals surface area contributed by atoms with Crippen LogP contribution in [0.1, 0.15) is 33.2 Å². The molecule has 212 valence electrons. The van der Waals surface area contributed by atoms with Crippen molar-refractivity contribution in [3.05, 3.63) is 118 Å². The van der Waals surface area contributed by atoms with E-state index >= 15 is 0 Å². The van der Waals surface area contributed by atoms with Gasteiger partial charge in [0, 0.05) is 10.2 Å². The Kier molecular flexibility index (Phi) is 10.2. The van der Waals surface area contributed by atoms with E-state index in [2.05, 4.69) is 37.1 Å². The number of carbonyl (C=O) groups excluding carboxylic acids is 4. The van der Waals surface area contributed by atoms with Crippen molar-refractivity contribution in [2.24, 2.45) is 5.10 Å². The molecule has 0 unspecified atom stereocenters. The number of hydrazone groups is 1. The van der Waals surface area contributed by atoms with Gasteiger partial charge in [-0.3, -0.25) is 14.4 Å². The molecule has 0 bridgehead atoms. The summed E-state index contributed by atoms with van der Waals surface area (Å²) in [6.07, 6.45) is 1.32. The molecule has 0 fully saturated rings. The van der Waals surface area contributed by atoms with Crippen molar-refractivity contribution in [1.29, 1.82) is 0 Å². The maximum atomic E-state index is 12.8. The minimum absolute atomic E-state index is 0.151. The predicted molar refractivity (Wildman–Crippen MR) is 162 cm³/mol. The van der Waals surface area contributed by atoms with Gasteiger partial charge in [0.1, 0.15) is 11.5 Å². The van der Waals surface area contributed by atoms with Crippen LogP contribution in [0.15, 0.2) is 107 Å². The number of para-hydroxylation sites is 1. The van der Waals surface area contributed by atoms with Crippen molar-refractivity contribution >= 4 is 57.2 Å². The van der Waals surface area contributed by atoms with Crippen LogP contribution in [0.25, 0.3) is 0 Å². The van der Waals surface area contributed by atoms with Crippen LogP contribution in [0, 0.1) is 0 Å². The first-order valence-electron chi connectivity index (χ1n) is 12.7. The van der Waals surface area contributed by atoms with Gasteiger partial charge in [0.25, 0.3) is 5.91 Å². The van der Waals surface area contributed by atoms with E-state index in [9.17, 15) is 19.2 Å². The number of halogens is 1. The molecule has 0 saturated carbocycles. The number of nitrogens with zero attached hydrogens (tertiary/aromatic N) is 1. The third kappa shape index (κ3) is 8.35. The summed E-state index contributed by atoms with van der Waals surface area (Å²) in [6, 6.07) is 26.4. The Balaban J connectivity index is 1.30. The summed E-state index contributed by atoms with van der Waals surface area (Å²) in [4.78, 5) is 49.9. The van der Waals surface area contributed by atoms with Gasteiger partial charge in [0.05, 0.1) is 29.6 Å². The minimum Gasteiger partial charge on any atom is -0.494 e. The molecule has 10 nitrogen and oxygen atoms in total. The minimum atomic E-state index is -1.03. The molecule has 0 aromatic heterocycles. The lowest BCUT2D eigenvalue weighted by Crippen LogP contribution is -2.33. The third-order valence-electron chi connectivity index (χ3n) is 5.58. The molecule has 0 heterocycles. The highest BCUT2D eigenvalue weighted by Gasteiger charge is 2.18. The number of anilines is 2. The van der Waals surface area contributed by atoms with Gasteiger partial charge in [-0.1, -0.05) is 34.1 Å². The predicted octanol–water partition coefficient (Wildman–Crippen LogP) is 5.41. The molecule has 0 atom stereocenters. The molecule has 0 aliphatic rings. The van der Waals surface area contributed by atoms with Crippen LogP contribution < -0.4 is 25.5 Å². The average molecular weight is 629 g/mol. The Labute approximate surface area is 249 Å². The van der Waals surface area contributed by atoms with Gasteiger partial charge in [0.15, 0.2) is 0 Å². The fourth-order valence-corrected chi connectivity index (χ4v) is 3.99. The molecule has 11 heteroatoms. The molecule has 3 amide bonds. The lowest BCUT2D eigenvalue weighted by atomic mass is 10.1. The molecule has 0 aliphatic heterocycles. The van der Waals surface area contributed by atoms with E-state index in [-0.39, 0.29) is 11.3 Å². The second-order valence-electron chi connectivity index (χ2n) is 8.58. The van der Waals surface area contributed by atoms with Crippen LogP contribution in [0.2, 0.25) is 0 Å². The number of benzene rings is 4. The Morgan fingerprint density at radius 3 is 2.24 bits per heavy atom. The quantitative estimate of drug-likeness (QED) is 0.0746. The highest BCUT2D eigenvalue weighted by molar-refractivity contribution is 9.10. The van der Waals surface area contributed by atoms with E-state index in [1.807, 2.05) is 6.92 Å². The van der Waals surface area contributed by atoms with E-state index < -0.39 is 23.7 Å². The maximum Gasteiger partial charge on any atom is 0.343 e. The number of hydrogen-bond donors (Lipinski definition) is 3. The first-order valence-corrected chi connectivity index (χ1v) is 13.5. The van der Waals surface area contributed by atoms with Gasteiger partial charge in [-0.15, -0.1) is 0 Å². The van der Waals surface area contributed by atoms with Gasteiger partial charge >= 0.3 is 17.8 Å². The molecular weight excluding hydrogens is 604 g/mol. The molecule has 0 spiro atoms. The lowest BCUT2D eigenvalue weighted by molar-refractivity contribution is -0.136. The highest BCUT2D eigenvalue weighted by Crippen LogP contribution is 2.20. The first kappa shape index (κ1) is 29.7. The smallest absolute Gasteiger partial charge is 0.343 e. The van der Waals surface area contributed by atoms with Gasteiger partial charge < -0.3 is 20.1 Å². The number of esters is 1. The zero-order valence-electron chi connectivity index (χ0n) is 22.3. The average Bonchev–Trinajstić information content (AvgIpc) is 2.99. The second-order valence-corrected chi connectivity index (χ2v) is 9.49. The van der Waals surface area contributed by atoms with Crippen LogP contribution >= 0.6 is 15.9 Å². The summed E-state index contributed by atoms with van der Waals surface area (Å²) in [7, 11) is 0. The Hall–Kier alpha value is -5.29. The Morgan fingerprint density at radius 2 is 1.52 bits per heavy atom. The topological polar surface area (TPSA) is 135 Å². The monoisotopic (exact) mass is 628 g/mol. The zero-order valence-corrected chi connectivity index (χ0v) is 23.9. The van der Waals surface area contributed by atoms with E-state index in [0.717, 1.165) is 4.47 Å². The number of ether oxygens (including phenoxy) is 2. The number of carbonyl (C=O) groups is 4. The van der Waals surface area contributed by atoms with Crippen LogP contribution in [0.4, 0.5) is 11.4 Å². The molecular formula is C31H25BrN4O6. The fraction of sp³-hybridized carbons (Fsp3) is 0.0645. The molecule has 3 N–H and O–H groups in total. The molecule has 42 heavy (non-hydrogen) atoms. The Morgan fingerprint density at radius 1 is 0.810 bits per heavy atom. The van der Waals surface area contributed by atoms with Gasteiger partial charge in [-0.05, 0) is 91.3 Å². The highest BCUT2D eigenvalue weighted by atomic mass is 79.9. The van der Waals surface area contributed by atoms with Crippen molar-refractivity contribution < 1.29 is 28.7 Å². The second kappa shape index (κ2) is 14.4. The van der Waals surface area contributed by atoms with Crippen molar-refractivity contribution in [2.75, 3.05) is 17.2 Å². The van der Waals surface area contributed by atoms with Crippen molar-refractivity contribution in [1.82, 2.24) is 5.43 Å². The number of hydrogen-bond acceptors (Lipinski definition) is 7. The molecule has 4 aromatic rings. The summed E-state index contributed by atoms with van der Waals surface area (Å²) in [5.41, 5.74) is 3.97. The largest absolute Gasteiger partial charge is 0.494 e. The summed E-state index contributed by atoms with van der Waals surface area (Å²) < 4.78 is 11.5. The normalized spacial score (nSPS) is 10.5. The molecule has 0 aliphatic carbocycles. The van der Waals surface area contributed by atoms with Crippen LogP contribution in [0.3, 0.4) is 0 Å². The molecule has 4 rings (SSSR count). The summed E-state index contributed by atoms with van der Waals surface area (Å²) >= 11 is 3.31. The van der Waals surface area contributed by atoms with Gasteiger partial charge in [0.2, 0.25) is 0 Å². The molecule has 4 aromatic carbocycles. The third-order valence-corrected chi connectivity index (χ3v) is 6.07. The van der Waals surface area contributed by atoms with Crippen molar-refractivity contribution in [2.45, 2.75) is 6.92 Å². The summed E-state index contributed by atoms with van der Waals surface area (Å²) in [6.45, 7) is 2.40. The molecule has 0 saturated heterocycles. The summed E-state index contributed by atoms with van der Waals surface area (Å²) in [5, 5.41) is 8.98. The standard InChI is InChI=1S/C31H25BrN4O6/c1-2-41-24-16-12-23(13-17-24)34-28(37)26-8-3-4-9-27(26)35-29(38)30(39)36-33-19-20-10-14-25(15-11-20)42-31(40)21-6-5-7-22(32)18-21/h3-19H,2H2,1H3,(H,34,37)(H,35,38)(H,36,39)/b33-19-. The van der Waals surface area contributed by atoms with Gasteiger partial charge in [-0.2, -0.15) is 5.10 Å². The van der Waals surface area contributed by atoms with E-state index in [1.54, 1.807) is 84.9 Å². The van der Waals surface area contributed by atoms with Crippen molar-refractivity contribution in [3.63, 3.8) is 0 Å². The number of amides is 3.